The van der Waals surface area contributed by atoms with Crippen LogP contribution < -0.4 is 0 Å². The van der Waals surface area contributed by atoms with Crippen LogP contribution in [0.1, 0.15) is 22.3 Å². The third-order valence-electron chi connectivity index (χ3n) is 3.44. The smallest absolute Gasteiger partial charge is 0.402 e. The highest BCUT2D eigenvalue weighted by Crippen LogP contribution is 2.33. The van der Waals surface area contributed by atoms with Gasteiger partial charge in [0.15, 0.2) is 5.70 Å². The molecule has 1 heterocycles. The zero-order valence-electron chi connectivity index (χ0n) is 12.6. The minimum absolute atomic E-state index is 0.0828. The van der Waals surface area contributed by atoms with Gasteiger partial charge in [-0.2, -0.15) is 13.2 Å². The maximum atomic E-state index is 13.0. The molecule has 0 saturated heterocycles. The average Bonchev–Trinajstić information content (AvgIpc) is 2.88. The van der Waals surface area contributed by atoms with Crippen molar-refractivity contribution in [2.75, 3.05) is 0 Å². The molecule has 0 atom stereocenters. The predicted octanol–water partition coefficient (Wildman–Crippen LogP) is 4.36. The molecule has 0 amide bonds. The molecule has 0 N–H and O–H groups in total. The van der Waals surface area contributed by atoms with Gasteiger partial charge in [0.2, 0.25) is 5.90 Å². The Hall–Kier alpha value is -2.89. The van der Waals surface area contributed by atoms with E-state index in [9.17, 15) is 18.0 Å². The summed E-state index contributed by atoms with van der Waals surface area (Å²) >= 11 is 0. The Morgan fingerprint density at radius 3 is 2.54 bits per heavy atom. The second-order valence-electron chi connectivity index (χ2n) is 5.29. The molecule has 122 valence electrons. The van der Waals surface area contributed by atoms with Gasteiger partial charge in [0.05, 0.1) is 5.56 Å². The van der Waals surface area contributed by atoms with Crippen molar-refractivity contribution in [1.82, 2.24) is 0 Å². The minimum Gasteiger partial charge on any atom is -0.402 e. The van der Waals surface area contributed by atoms with Gasteiger partial charge in [-0.1, -0.05) is 35.9 Å². The summed E-state index contributed by atoms with van der Waals surface area (Å²) in [5.41, 5.74) is 0.417. The van der Waals surface area contributed by atoms with Gasteiger partial charge < -0.3 is 4.74 Å². The van der Waals surface area contributed by atoms with Crippen LogP contribution in [-0.2, 0) is 15.7 Å². The fourth-order valence-corrected chi connectivity index (χ4v) is 2.34. The number of hydrogen-bond acceptors (Lipinski definition) is 3. The molecule has 0 fully saturated rings. The molecule has 3 nitrogen and oxygen atoms in total. The van der Waals surface area contributed by atoms with Gasteiger partial charge in [-0.05, 0) is 36.8 Å². The molecule has 0 bridgehead atoms. The van der Waals surface area contributed by atoms with E-state index in [2.05, 4.69) is 4.99 Å². The number of carbonyl (C=O) groups is 1. The quantitative estimate of drug-likeness (QED) is 0.606. The number of esters is 1. The summed E-state index contributed by atoms with van der Waals surface area (Å²) in [6.45, 7) is 1.87. The van der Waals surface area contributed by atoms with Gasteiger partial charge in [0.25, 0.3) is 0 Å². The van der Waals surface area contributed by atoms with Crippen LogP contribution in [0.15, 0.2) is 59.2 Å². The van der Waals surface area contributed by atoms with E-state index in [1.165, 1.54) is 18.2 Å². The fraction of sp³-hybridized carbons (Fsp3) is 0.111. The number of ether oxygens (including phenoxy) is 1. The highest BCUT2D eigenvalue weighted by molar-refractivity contribution is 6.12. The summed E-state index contributed by atoms with van der Waals surface area (Å²) in [4.78, 5) is 16.0. The molecular weight excluding hydrogens is 319 g/mol. The second kappa shape index (κ2) is 5.96. The fourth-order valence-electron chi connectivity index (χ4n) is 2.34. The van der Waals surface area contributed by atoms with Gasteiger partial charge >= 0.3 is 12.1 Å². The largest absolute Gasteiger partial charge is 0.416 e. The van der Waals surface area contributed by atoms with Crippen LogP contribution in [0.5, 0.6) is 0 Å². The third kappa shape index (κ3) is 3.22. The summed E-state index contributed by atoms with van der Waals surface area (Å²) in [7, 11) is 0. The number of aryl methyl sites for hydroxylation is 1. The van der Waals surface area contributed by atoms with Gasteiger partial charge in [-0.25, -0.2) is 9.79 Å². The lowest BCUT2D eigenvalue weighted by atomic mass is 10.1. The molecule has 2 aromatic rings. The first-order valence-electron chi connectivity index (χ1n) is 7.10. The van der Waals surface area contributed by atoms with Gasteiger partial charge in [-0.15, -0.1) is 0 Å². The number of benzene rings is 2. The topological polar surface area (TPSA) is 38.7 Å². The molecule has 0 aliphatic carbocycles. The van der Waals surface area contributed by atoms with Crippen molar-refractivity contribution in [3.05, 3.63) is 76.5 Å². The Labute approximate surface area is 136 Å². The van der Waals surface area contributed by atoms with E-state index in [4.69, 9.17) is 4.74 Å². The van der Waals surface area contributed by atoms with Crippen LogP contribution in [0.2, 0.25) is 0 Å². The Bertz CT molecular complexity index is 867. The maximum absolute atomic E-state index is 13.0. The van der Waals surface area contributed by atoms with Crippen LogP contribution >= 0.6 is 0 Å². The lowest BCUT2D eigenvalue weighted by Crippen LogP contribution is -2.08. The van der Waals surface area contributed by atoms with Gasteiger partial charge in [0, 0.05) is 5.56 Å². The monoisotopic (exact) mass is 331 g/mol. The molecule has 0 unspecified atom stereocenters. The number of rotatable bonds is 2. The zero-order chi connectivity index (χ0) is 17.3. The number of carbonyl (C=O) groups excluding carboxylic acids is 1. The first-order valence-corrected chi connectivity index (χ1v) is 7.10. The molecule has 0 spiro atoms. The van der Waals surface area contributed by atoms with Crippen molar-refractivity contribution in [2.45, 2.75) is 13.1 Å². The average molecular weight is 331 g/mol. The van der Waals surface area contributed by atoms with Gasteiger partial charge in [-0.3, -0.25) is 0 Å². The molecule has 6 heteroatoms. The van der Waals surface area contributed by atoms with E-state index in [1.807, 2.05) is 13.0 Å². The van der Waals surface area contributed by atoms with Crippen molar-refractivity contribution < 1.29 is 22.7 Å². The molecule has 3 rings (SSSR count). The first kappa shape index (κ1) is 16.0. The summed E-state index contributed by atoms with van der Waals surface area (Å²) in [6, 6.07) is 12.1. The standard InChI is InChI=1S/C18H12F3NO2/c1-11-5-4-7-13(9-11)16-22-15(17(23)24-16)10-12-6-2-3-8-14(12)18(19,20)21/h2-10H,1H3/b15-10+. The number of hydrogen-bond donors (Lipinski definition) is 0. The Kier molecular flexibility index (Phi) is 3.97. The maximum Gasteiger partial charge on any atom is 0.416 e. The lowest BCUT2D eigenvalue weighted by molar-refractivity contribution is -0.137. The number of nitrogens with zero attached hydrogens (tertiary/aromatic N) is 1. The molecule has 1 aliphatic heterocycles. The van der Waals surface area contributed by atoms with Gasteiger partial charge in [0.1, 0.15) is 0 Å². The lowest BCUT2D eigenvalue weighted by Gasteiger charge is -2.09. The number of aliphatic imine (C=N–C) groups is 1. The second-order valence-corrected chi connectivity index (χ2v) is 5.29. The van der Waals surface area contributed by atoms with E-state index >= 15 is 0 Å². The van der Waals surface area contributed by atoms with Crippen molar-refractivity contribution >= 4 is 17.9 Å². The van der Waals surface area contributed by atoms with E-state index in [0.717, 1.165) is 17.7 Å². The van der Waals surface area contributed by atoms with E-state index in [-0.39, 0.29) is 17.2 Å². The molecule has 0 aromatic heterocycles. The van der Waals surface area contributed by atoms with E-state index in [0.29, 0.717) is 5.56 Å². The van der Waals surface area contributed by atoms with Crippen molar-refractivity contribution in [3.8, 4) is 0 Å². The Balaban J connectivity index is 2.01. The number of halogens is 3. The highest BCUT2D eigenvalue weighted by atomic mass is 19.4. The number of alkyl halides is 3. The van der Waals surface area contributed by atoms with E-state index in [1.54, 1.807) is 18.2 Å². The summed E-state index contributed by atoms with van der Waals surface area (Å²) < 4.78 is 44.1. The Morgan fingerprint density at radius 1 is 1.08 bits per heavy atom. The highest BCUT2D eigenvalue weighted by Gasteiger charge is 2.33. The van der Waals surface area contributed by atoms with Crippen LogP contribution in [-0.4, -0.2) is 11.9 Å². The minimum atomic E-state index is -4.51. The predicted molar refractivity (Wildman–Crippen MR) is 83.2 cm³/mol. The van der Waals surface area contributed by atoms with Crippen molar-refractivity contribution in [2.24, 2.45) is 4.99 Å². The molecular formula is C18H12F3NO2. The number of cyclic esters (lactones) is 1. The zero-order valence-corrected chi connectivity index (χ0v) is 12.6. The first-order chi connectivity index (χ1) is 11.3. The van der Waals surface area contributed by atoms with Crippen LogP contribution in [0.3, 0.4) is 0 Å². The normalized spacial score (nSPS) is 16.2. The third-order valence-corrected chi connectivity index (χ3v) is 3.44. The molecule has 0 saturated carbocycles. The van der Waals surface area contributed by atoms with Crippen LogP contribution in [0, 0.1) is 6.92 Å². The van der Waals surface area contributed by atoms with Crippen molar-refractivity contribution in [3.63, 3.8) is 0 Å². The molecule has 2 aromatic carbocycles. The summed E-state index contributed by atoms with van der Waals surface area (Å²) in [5, 5.41) is 0. The summed E-state index contributed by atoms with van der Waals surface area (Å²) in [6.07, 6.45) is -3.42. The SMILES string of the molecule is Cc1cccc(C2=N/C(=C/c3ccccc3C(F)(F)F)C(=O)O2)c1. The molecule has 1 aliphatic rings. The Morgan fingerprint density at radius 2 is 1.83 bits per heavy atom. The molecule has 0 radical (unpaired) electrons. The van der Waals surface area contributed by atoms with Crippen LogP contribution in [0.4, 0.5) is 13.2 Å². The van der Waals surface area contributed by atoms with Crippen molar-refractivity contribution in [1.29, 1.82) is 0 Å². The van der Waals surface area contributed by atoms with E-state index < -0.39 is 17.7 Å². The summed E-state index contributed by atoms with van der Waals surface area (Å²) in [5.74, 6) is -0.692. The molecule has 24 heavy (non-hydrogen) atoms. The van der Waals surface area contributed by atoms with Crippen LogP contribution in [0.25, 0.3) is 6.08 Å².